The first kappa shape index (κ1) is 33.7. The molecule has 4 heterocycles. The van der Waals surface area contributed by atoms with Crippen LogP contribution in [0.4, 0.5) is 0 Å². The predicted octanol–water partition coefficient (Wildman–Crippen LogP) is 5.02. The Hall–Kier alpha value is -3.15. The number of likely N-dealkylation sites (tertiary alicyclic amines) is 2. The Morgan fingerprint density at radius 1 is 1.11 bits per heavy atom. The number of aryl methyl sites for hydroxylation is 2. The van der Waals surface area contributed by atoms with E-state index in [2.05, 4.69) is 58.4 Å². The molecule has 2 N–H and O–H groups in total. The van der Waals surface area contributed by atoms with Crippen LogP contribution >= 0.6 is 11.3 Å². The summed E-state index contributed by atoms with van der Waals surface area (Å²) >= 11 is 1.63. The molecule has 0 bridgehead atoms. The maximum Gasteiger partial charge on any atom is 0.248 e. The van der Waals surface area contributed by atoms with E-state index >= 15 is 0 Å². The number of nitrogens with one attached hydrogen (secondary N) is 1. The second kappa shape index (κ2) is 14.1. The third-order valence-electron chi connectivity index (χ3n) is 10.5. The van der Waals surface area contributed by atoms with E-state index in [1.54, 1.807) is 20.9 Å². The third kappa shape index (κ3) is 7.95. The van der Waals surface area contributed by atoms with Crippen LogP contribution < -0.4 is 5.32 Å². The van der Waals surface area contributed by atoms with Crippen LogP contribution in [0.1, 0.15) is 88.7 Å². The molecule has 0 unspecified atom stereocenters. The van der Waals surface area contributed by atoms with Gasteiger partial charge in [0, 0.05) is 37.9 Å². The molecule has 0 spiro atoms. The molecule has 1 saturated carbocycles. The van der Waals surface area contributed by atoms with Gasteiger partial charge in [-0.2, -0.15) is 0 Å². The minimum Gasteiger partial charge on any atom is -0.396 e. The monoisotopic (exact) mass is 661 g/mol. The predicted molar refractivity (Wildman–Crippen MR) is 184 cm³/mol. The van der Waals surface area contributed by atoms with E-state index in [9.17, 15) is 14.7 Å². The lowest BCUT2D eigenvalue weighted by Crippen LogP contribution is -2.50. The molecule has 254 valence electrons. The fourth-order valence-electron chi connectivity index (χ4n) is 7.36. The molecule has 2 saturated heterocycles. The van der Waals surface area contributed by atoms with E-state index in [0.717, 1.165) is 79.1 Å². The summed E-state index contributed by atoms with van der Waals surface area (Å²) in [5, 5.41) is 21.7. The summed E-state index contributed by atoms with van der Waals surface area (Å²) in [5.41, 5.74) is 5.70. The Labute approximate surface area is 282 Å². The summed E-state index contributed by atoms with van der Waals surface area (Å²) in [6, 6.07) is 7.17. The van der Waals surface area contributed by atoms with Crippen molar-refractivity contribution in [3.63, 3.8) is 0 Å². The minimum atomic E-state index is -0.551. The zero-order valence-corrected chi connectivity index (χ0v) is 29.3. The summed E-state index contributed by atoms with van der Waals surface area (Å²) in [5.74, 6) is 0.476. The van der Waals surface area contributed by atoms with E-state index < -0.39 is 17.5 Å². The number of amides is 2. The zero-order valence-electron chi connectivity index (χ0n) is 28.5. The van der Waals surface area contributed by atoms with Crippen LogP contribution in [0.5, 0.6) is 0 Å². The van der Waals surface area contributed by atoms with Crippen molar-refractivity contribution < 1.29 is 14.7 Å². The average Bonchev–Trinajstić information content (AvgIpc) is 3.40. The molecule has 47 heavy (non-hydrogen) atoms. The average molecular weight is 662 g/mol. The van der Waals surface area contributed by atoms with Crippen molar-refractivity contribution in [1.82, 2.24) is 35.1 Å². The molecule has 3 aliphatic rings. The van der Waals surface area contributed by atoms with Gasteiger partial charge in [0.2, 0.25) is 11.8 Å². The van der Waals surface area contributed by atoms with Crippen molar-refractivity contribution >= 4 is 23.2 Å². The molecule has 2 aliphatic heterocycles. The Bertz CT molecular complexity index is 1520. The first-order valence-electron chi connectivity index (χ1n) is 17.4. The van der Waals surface area contributed by atoms with Crippen LogP contribution in [0.2, 0.25) is 0 Å². The molecule has 2 atom stereocenters. The van der Waals surface area contributed by atoms with E-state index in [1.807, 2.05) is 30.8 Å². The van der Waals surface area contributed by atoms with Gasteiger partial charge in [0.25, 0.3) is 0 Å². The number of hydrogen-bond acceptors (Lipinski definition) is 8. The largest absolute Gasteiger partial charge is 0.396 e. The van der Waals surface area contributed by atoms with Crippen molar-refractivity contribution in [3.05, 3.63) is 52.9 Å². The number of benzene rings is 1. The van der Waals surface area contributed by atoms with Gasteiger partial charge in [0.15, 0.2) is 0 Å². The summed E-state index contributed by atoms with van der Waals surface area (Å²) in [4.78, 5) is 37.4. The van der Waals surface area contributed by atoms with Crippen LogP contribution in [0.15, 0.2) is 36.0 Å². The number of aromatic nitrogens is 4. The molecule has 2 amide bonds. The van der Waals surface area contributed by atoms with Gasteiger partial charge < -0.3 is 20.2 Å². The lowest BCUT2D eigenvalue weighted by molar-refractivity contribution is -0.144. The Morgan fingerprint density at radius 3 is 2.49 bits per heavy atom. The van der Waals surface area contributed by atoms with Gasteiger partial charge in [0.05, 0.1) is 21.8 Å². The smallest absolute Gasteiger partial charge is 0.248 e. The van der Waals surface area contributed by atoms with Crippen molar-refractivity contribution in [2.75, 3.05) is 32.8 Å². The molecule has 11 heteroatoms. The summed E-state index contributed by atoms with van der Waals surface area (Å²) in [7, 11) is 0. The first-order valence-corrected chi connectivity index (χ1v) is 18.2. The van der Waals surface area contributed by atoms with Crippen molar-refractivity contribution in [2.45, 2.75) is 97.7 Å². The first-order chi connectivity index (χ1) is 22.5. The maximum atomic E-state index is 14.2. The van der Waals surface area contributed by atoms with Gasteiger partial charge >= 0.3 is 0 Å². The summed E-state index contributed by atoms with van der Waals surface area (Å²) < 4.78 is 1.74. The van der Waals surface area contributed by atoms with Crippen molar-refractivity contribution in [1.29, 1.82) is 0 Å². The lowest BCUT2D eigenvalue weighted by Gasteiger charge is -2.34. The number of nitrogens with zero attached hydrogens (tertiary/aromatic N) is 6. The molecule has 1 aromatic carbocycles. The number of aliphatic hydroxyl groups is 1. The molecule has 3 aromatic rings. The van der Waals surface area contributed by atoms with Crippen molar-refractivity contribution in [2.24, 2.45) is 16.7 Å². The molecule has 3 fully saturated rings. The highest BCUT2D eigenvalue weighted by Crippen LogP contribution is 2.46. The van der Waals surface area contributed by atoms with Gasteiger partial charge in [-0.3, -0.25) is 9.59 Å². The Morgan fingerprint density at radius 2 is 1.85 bits per heavy atom. The Balaban J connectivity index is 1.03. The number of carbonyl (C=O) groups is 2. The highest BCUT2D eigenvalue weighted by atomic mass is 32.1. The van der Waals surface area contributed by atoms with Crippen molar-refractivity contribution in [3.8, 4) is 10.4 Å². The van der Waals surface area contributed by atoms with Crippen LogP contribution in [-0.4, -0.2) is 85.5 Å². The number of rotatable bonds is 12. The fourth-order valence-corrected chi connectivity index (χ4v) is 8.17. The highest BCUT2D eigenvalue weighted by molar-refractivity contribution is 7.13. The van der Waals surface area contributed by atoms with Gasteiger partial charge in [0.1, 0.15) is 12.1 Å². The molecular weight excluding hydrogens is 611 g/mol. The number of hydrogen-bond donors (Lipinski definition) is 2. The van der Waals surface area contributed by atoms with Gasteiger partial charge in [-0.1, -0.05) is 50.3 Å². The second-order valence-electron chi connectivity index (χ2n) is 15.2. The Kier molecular flexibility index (Phi) is 10.2. The lowest BCUT2D eigenvalue weighted by atomic mass is 9.85. The number of thiazole rings is 1. The summed E-state index contributed by atoms with van der Waals surface area (Å²) in [6.07, 6.45) is 9.98. The second-order valence-corrected chi connectivity index (χ2v) is 16.1. The fraction of sp³-hybridized carbons (Fsp3) is 0.639. The zero-order chi connectivity index (χ0) is 33.2. The van der Waals surface area contributed by atoms with Gasteiger partial charge in [-0.15, -0.1) is 16.4 Å². The number of carbonyl (C=O) groups excluding carboxylic acids is 2. The molecule has 1 aliphatic carbocycles. The van der Waals surface area contributed by atoms with E-state index in [0.29, 0.717) is 32.0 Å². The quantitative estimate of drug-likeness (QED) is 0.280. The third-order valence-corrected chi connectivity index (χ3v) is 11.5. The SMILES string of the molecule is Cc1ncsc1-c1ccc(CNC(=O)[C@@H]2CCCN2C(=O)[C@@H](n2cc(CCC3CCN(CC4(CO)CC4)CC3)nn2)C(C)(C)C)cc1. The standard InChI is InChI=1S/C36H51N7O3S/c1-25-31(47-24-38-25)28-10-7-27(8-11-28)20-37-33(45)30-6-5-17-42(30)34(46)32(35(2,3)4)43-21-29(39-40-43)12-9-26-13-18-41(19-14-26)22-36(23-44)15-16-36/h7-8,10-11,21,24,26,30,32,44H,5-6,9,12-20,22-23H2,1-4H3,(H,37,45)/t30-,32+/m0/s1. The van der Waals surface area contributed by atoms with Crippen LogP contribution in [0.25, 0.3) is 10.4 Å². The molecular formula is C36H51N7O3S. The van der Waals surface area contributed by atoms with Gasteiger partial charge in [-0.05, 0) is 93.8 Å². The van der Waals surface area contributed by atoms with Gasteiger partial charge in [-0.25, -0.2) is 9.67 Å². The van der Waals surface area contributed by atoms with Crippen LogP contribution in [0, 0.1) is 23.7 Å². The topological polar surface area (TPSA) is 116 Å². The van der Waals surface area contributed by atoms with E-state index in [-0.39, 0.29) is 17.2 Å². The minimum absolute atomic E-state index is 0.0698. The molecule has 6 rings (SSSR count). The summed E-state index contributed by atoms with van der Waals surface area (Å²) in [6.45, 7) is 12.7. The normalized spacial score (nSPS) is 20.8. The number of aliphatic hydroxyl groups excluding tert-OH is 1. The van der Waals surface area contributed by atoms with E-state index in [1.165, 1.54) is 12.8 Å². The van der Waals surface area contributed by atoms with E-state index in [4.69, 9.17) is 0 Å². The number of piperidine rings is 1. The van der Waals surface area contributed by atoms with Crippen LogP contribution in [-0.2, 0) is 22.6 Å². The molecule has 2 aromatic heterocycles. The maximum absolute atomic E-state index is 14.2. The highest BCUT2D eigenvalue weighted by Gasteiger charge is 2.44. The molecule has 0 radical (unpaired) electrons. The van der Waals surface area contributed by atoms with Crippen LogP contribution in [0.3, 0.4) is 0 Å². The molecule has 10 nitrogen and oxygen atoms in total.